The predicted octanol–water partition coefficient (Wildman–Crippen LogP) is 5.58. The molecule has 6 aromatic rings. The lowest BCUT2D eigenvalue weighted by Crippen LogP contribution is -2.29. The van der Waals surface area contributed by atoms with Gasteiger partial charge < -0.3 is 20.1 Å². The summed E-state index contributed by atoms with van der Waals surface area (Å²) in [6, 6.07) is 44.0. The van der Waals surface area contributed by atoms with Crippen molar-refractivity contribution in [2.45, 2.75) is 0 Å². The van der Waals surface area contributed by atoms with Crippen LogP contribution in [0.4, 0.5) is 0 Å². The van der Waals surface area contributed by atoms with Crippen LogP contribution < -0.4 is 10.9 Å². The van der Waals surface area contributed by atoms with Gasteiger partial charge in [0.2, 0.25) is 0 Å². The number of hydrogen-bond donors (Lipinski definition) is 4. The third-order valence-corrected chi connectivity index (χ3v) is 9.08. The van der Waals surface area contributed by atoms with Crippen LogP contribution in [0.3, 0.4) is 0 Å². The Hall–Kier alpha value is -5.67. The molecule has 0 heterocycles. The fourth-order valence-electron chi connectivity index (χ4n) is 6.67. The van der Waals surface area contributed by atoms with E-state index in [0.717, 1.165) is 66.8 Å². The Balaban J connectivity index is 1.15. The Morgan fingerprint density at radius 3 is 1.10 bits per heavy atom. The first-order valence-corrected chi connectivity index (χ1v) is 15.8. The van der Waals surface area contributed by atoms with E-state index in [2.05, 4.69) is 96.8 Å². The van der Waals surface area contributed by atoms with Crippen LogP contribution in [0.1, 0.15) is 44.5 Å². The monoisotopic (exact) mass is 618 g/mol. The highest BCUT2D eigenvalue weighted by molar-refractivity contribution is 6.58. The fourth-order valence-corrected chi connectivity index (χ4v) is 6.67. The molecule has 0 radical (unpaired) electrons. The zero-order chi connectivity index (χ0) is 32.8. The van der Waals surface area contributed by atoms with Crippen LogP contribution in [0.5, 0.6) is 0 Å². The third kappa shape index (κ3) is 5.42. The van der Waals surface area contributed by atoms with Gasteiger partial charge in [-0.2, -0.15) is 0 Å². The average molecular weight is 618 g/mol. The fraction of sp³-hybridized carbons (Fsp3) is 0. The standard InChI is InChI=1S/C42H28B2O4/c45-43(46)31-17-11-29(12-18-31)25-39-35-7-3-1-5-33(35)37-21-15-27(23-41(37)39)9-10-28-16-22-38-34-6-2-4-8-36(34)40(42(38)24-28)26-30-13-19-32(20-14-30)44(47)48/h1-8,11-26,45-48H/b39-25+,40-26+. The average Bonchev–Trinajstić information content (AvgIpc) is 3.59. The van der Waals surface area contributed by atoms with Gasteiger partial charge in [-0.15, -0.1) is 0 Å². The summed E-state index contributed by atoms with van der Waals surface area (Å²) >= 11 is 0. The summed E-state index contributed by atoms with van der Waals surface area (Å²) in [4.78, 5) is 0. The summed E-state index contributed by atoms with van der Waals surface area (Å²) in [5, 5.41) is 38.1. The maximum Gasteiger partial charge on any atom is 0.488 e. The smallest absolute Gasteiger partial charge is 0.423 e. The molecule has 4 nitrogen and oxygen atoms in total. The minimum absolute atomic E-state index is 0.456. The summed E-state index contributed by atoms with van der Waals surface area (Å²) in [7, 11) is -2.99. The maximum absolute atomic E-state index is 9.52. The summed E-state index contributed by atoms with van der Waals surface area (Å²) in [6.45, 7) is 0. The Bertz CT molecular complexity index is 2180. The molecule has 0 fully saturated rings. The molecule has 2 aliphatic carbocycles. The molecule has 0 atom stereocenters. The first-order chi connectivity index (χ1) is 23.4. The number of hydrogen-bond acceptors (Lipinski definition) is 4. The van der Waals surface area contributed by atoms with Crippen LogP contribution in [0.15, 0.2) is 133 Å². The van der Waals surface area contributed by atoms with Crippen molar-refractivity contribution in [3.8, 4) is 34.1 Å². The Morgan fingerprint density at radius 1 is 0.375 bits per heavy atom. The molecule has 0 saturated heterocycles. The second-order valence-electron chi connectivity index (χ2n) is 12.1. The zero-order valence-electron chi connectivity index (χ0n) is 25.8. The van der Waals surface area contributed by atoms with Gasteiger partial charge in [-0.25, -0.2) is 0 Å². The van der Waals surface area contributed by atoms with Crippen molar-refractivity contribution in [3.63, 3.8) is 0 Å². The van der Waals surface area contributed by atoms with Crippen LogP contribution in [-0.2, 0) is 0 Å². The van der Waals surface area contributed by atoms with Crippen LogP contribution in [0.2, 0.25) is 0 Å². The largest absolute Gasteiger partial charge is 0.488 e. The van der Waals surface area contributed by atoms with E-state index in [1.54, 1.807) is 24.3 Å². The van der Waals surface area contributed by atoms with Crippen molar-refractivity contribution in [3.05, 3.63) is 178 Å². The Morgan fingerprint density at radius 2 is 0.729 bits per heavy atom. The van der Waals surface area contributed by atoms with Crippen LogP contribution in [0.25, 0.3) is 45.6 Å². The first kappa shape index (κ1) is 29.7. The van der Waals surface area contributed by atoms with Gasteiger partial charge in [0.25, 0.3) is 0 Å². The SMILES string of the molecule is OB(O)c1ccc(/C=C2\c3ccccc3-c3ccc(C#Cc4ccc5c(c4)/C(=C/c4ccc(B(O)O)cc4)c4ccccc4-5)cc32)cc1. The van der Waals surface area contributed by atoms with Gasteiger partial charge in [0.15, 0.2) is 0 Å². The summed E-state index contributed by atoms with van der Waals surface area (Å²) in [5.74, 6) is 6.83. The van der Waals surface area contributed by atoms with E-state index in [1.165, 1.54) is 11.1 Å². The lowest BCUT2D eigenvalue weighted by Gasteiger charge is -2.06. The molecule has 4 N–H and O–H groups in total. The van der Waals surface area contributed by atoms with E-state index in [0.29, 0.717) is 10.9 Å². The number of benzene rings is 6. The second kappa shape index (κ2) is 12.2. The number of fused-ring (bicyclic) bond motifs is 6. The van der Waals surface area contributed by atoms with Crippen molar-refractivity contribution in [2.75, 3.05) is 0 Å². The molecule has 0 bridgehead atoms. The lowest BCUT2D eigenvalue weighted by atomic mass is 9.80. The van der Waals surface area contributed by atoms with Gasteiger partial charge in [0.1, 0.15) is 0 Å². The summed E-state index contributed by atoms with van der Waals surface area (Å²) in [6.07, 6.45) is 4.28. The van der Waals surface area contributed by atoms with Crippen molar-refractivity contribution < 1.29 is 20.1 Å². The Labute approximate surface area is 279 Å². The molecule has 0 aliphatic heterocycles. The van der Waals surface area contributed by atoms with E-state index in [1.807, 2.05) is 36.4 Å². The molecule has 6 aromatic carbocycles. The minimum Gasteiger partial charge on any atom is -0.423 e. The molecule has 0 amide bonds. The van der Waals surface area contributed by atoms with Gasteiger partial charge >= 0.3 is 14.2 Å². The van der Waals surface area contributed by atoms with Gasteiger partial charge in [-0.1, -0.05) is 121 Å². The number of rotatable bonds is 4. The van der Waals surface area contributed by atoms with Gasteiger partial charge in [-0.05, 0) is 114 Å². The van der Waals surface area contributed by atoms with E-state index in [4.69, 9.17) is 0 Å². The molecule has 48 heavy (non-hydrogen) atoms. The molecule has 0 spiro atoms. The van der Waals surface area contributed by atoms with Crippen LogP contribution in [0, 0.1) is 11.8 Å². The predicted molar refractivity (Wildman–Crippen MR) is 196 cm³/mol. The molecule has 226 valence electrons. The minimum atomic E-state index is -1.50. The molecule has 0 aromatic heterocycles. The highest BCUT2D eigenvalue weighted by atomic mass is 16.4. The molecule has 0 unspecified atom stereocenters. The van der Waals surface area contributed by atoms with Crippen LogP contribution >= 0.6 is 0 Å². The Kier molecular flexibility index (Phi) is 7.53. The van der Waals surface area contributed by atoms with E-state index in [-0.39, 0.29) is 0 Å². The summed E-state index contributed by atoms with van der Waals surface area (Å²) in [5.41, 5.74) is 16.1. The maximum atomic E-state index is 9.52. The highest BCUT2D eigenvalue weighted by Gasteiger charge is 2.25. The van der Waals surface area contributed by atoms with Gasteiger partial charge in [0.05, 0.1) is 0 Å². The van der Waals surface area contributed by atoms with E-state index in [9.17, 15) is 20.1 Å². The van der Waals surface area contributed by atoms with E-state index >= 15 is 0 Å². The molecule has 0 saturated carbocycles. The van der Waals surface area contributed by atoms with Crippen molar-refractivity contribution >= 4 is 48.5 Å². The molecule has 6 heteroatoms. The normalized spacial score (nSPS) is 13.8. The zero-order valence-corrected chi connectivity index (χ0v) is 25.8. The molecule has 2 aliphatic rings. The molecule has 8 rings (SSSR count). The van der Waals surface area contributed by atoms with Crippen molar-refractivity contribution in [1.82, 2.24) is 0 Å². The quantitative estimate of drug-likeness (QED) is 0.153. The van der Waals surface area contributed by atoms with E-state index < -0.39 is 14.2 Å². The summed E-state index contributed by atoms with van der Waals surface area (Å²) < 4.78 is 0. The second-order valence-corrected chi connectivity index (χ2v) is 12.1. The van der Waals surface area contributed by atoms with Crippen molar-refractivity contribution in [1.29, 1.82) is 0 Å². The topological polar surface area (TPSA) is 80.9 Å². The van der Waals surface area contributed by atoms with Gasteiger partial charge in [0, 0.05) is 11.1 Å². The molecular formula is C42H28B2O4. The lowest BCUT2D eigenvalue weighted by molar-refractivity contribution is 0.424. The van der Waals surface area contributed by atoms with Crippen LogP contribution in [-0.4, -0.2) is 34.3 Å². The molecular weight excluding hydrogens is 590 g/mol. The van der Waals surface area contributed by atoms with Crippen molar-refractivity contribution in [2.24, 2.45) is 0 Å². The first-order valence-electron chi connectivity index (χ1n) is 15.8. The highest BCUT2D eigenvalue weighted by Crippen LogP contribution is 2.46. The van der Waals surface area contributed by atoms with Gasteiger partial charge in [-0.3, -0.25) is 0 Å². The third-order valence-electron chi connectivity index (χ3n) is 9.08.